The lowest BCUT2D eigenvalue weighted by Gasteiger charge is -2.11. The first kappa shape index (κ1) is 17.2. The van der Waals surface area contributed by atoms with Crippen molar-refractivity contribution in [3.8, 4) is 11.3 Å². The number of pyridine rings is 1. The third kappa shape index (κ3) is 4.09. The van der Waals surface area contributed by atoms with Gasteiger partial charge in [-0.15, -0.1) is 0 Å². The maximum absolute atomic E-state index is 13.2. The molecule has 1 aromatic heterocycles. The summed E-state index contributed by atoms with van der Waals surface area (Å²) < 4.78 is 13.2. The van der Waals surface area contributed by atoms with Gasteiger partial charge in [-0.25, -0.2) is 9.37 Å². The predicted molar refractivity (Wildman–Crippen MR) is 99.3 cm³/mol. The van der Waals surface area contributed by atoms with Crippen LogP contribution in [0.25, 0.3) is 22.2 Å². The summed E-state index contributed by atoms with van der Waals surface area (Å²) in [6, 6.07) is 15.7. The number of halogens is 1. The number of hydrogen-bond donors (Lipinski definition) is 0. The molecule has 1 heterocycles. The van der Waals surface area contributed by atoms with E-state index in [1.165, 1.54) is 12.1 Å². The smallest absolute Gasteiger partial charge is 0.163 e. The Kier molecular flexibility index (Phi) is 5.19. The second-order valence-corrected chi connectivity index (χ2v) is 6.41. The van der Waals surface area contributed by atoms with E-state index in [1.54, 1.807) is 12.1 Å². The van der Waals surface area contributed by atoms with Crippen LogP contribution < -0.4 is 0 Å². The number of rotatable bonds is 6. The van der Waals surface area contributed by atoms with Gasteiger partial charge in [-0.1, -0.05) is 18.2 Å². The Hall–Kier alpha value is -2.59. The van der Waals surface area contributed by atoms with Gasteiger partial charge in [0.15, 0.2) is 5.78 Å². The average molecular weight is 336 g/mol. The van der Waals surface area contributed by atoms with Crippen molar-refractivity contribution in [1.82, 2.24) is 9.88 Å². The molecule has 4 heteroatoms. The van der Waals surface area contributed by atoms with E-state index in [4.69, 9.17) is 0 Å². The molecule has 2 aromatic carbocycles. The zero-order valence-corrected chi connectivity index (χ0v) is 14.5. The summed E-state index contributed by atoms with van der Waals surface area (Å²) in [5.41, 5.74) is 2.95. The van der Waals surface area contributed by atoms with E-state index in [1.807, 2.05) is 44.4 Å². The van der Waals surface area contributed by atoms with Gasteiger partial charge in [0.05, 0.1) is 11.2 Å². The van der Waals surface area contributed by atoms with Gasteiger partial charge in [0.1, 0.15) is 5.82 Å². The molecule has 3 nitrogen and oxygen atoms in total. The summed E-state index contributed by atoms with van der Waals surface area (Å²) in [4.78, 5) is 19.5. The van der Waals surface area contributed by atoms with Gasteiger partial charge in [0.2, 0.25) is 0 Å². The Morgan fingerprint density at radius 1 is 1.08 bits per heavy atom. The van der Waals surface area contributed by atoms with E-state index < -0.39 is 0 Å². The minimum Gasteiger partial charge on any atom is -0.309 e. The number of para-hydroxylation sites is 1. The van der Waals surface area contributed by atoms with Crippen molar-refractivity contribution in [3.05, 3.63) is 66.0 Å². The molecule has 0 radical (unpaired) electrons. The van der Waals surface area contributed by atoms with Crippen LogP contribution in [-0.4, -0.2) is 36.3 Å². The fraction of sp³-hybridized carbons (Fsp3) is 0.238. The largest absolute Gasteiger partial charge is 0.309 e. The van der Waals surface area contributed by atoms with Gasteiger partial charge in [0, 0.05) is 22.9 Å². The lowest BCUT2D eigenvalue weighted by atomic mass is 9.99. The Balaban J connectivity index is 2.00. The van der Waals surface area contributed by atoms with Crippen LogP contribution in [-0.2, 0) is 0 Å². The minimum absolute atomic E-state index is 0.115. The van der Waals surface area contributed by atoms with Crippen LogP contribution in [0.1, 0.15) is 23.2 Å². The predicted octanol–water partition coefficient (Wildman–Crippen LogP) is 4.57. The summed E-state index contributed by atoms with van der Waals surface area (Å²) in [6.07, 6.45) is 1.31. The lowest BCUT2D eigenvalue weighted by molar-refractivity contribution is 0.0979. The summed E-state index contributed by atoms with van der Waals surface area (Å²) in [5.74, 6) is -0.173. The van der Waals surface area contributed by atoms with E-state index >= 15 is 0 Å². The van der Waals surface area contributed by atoms with Crippen molar-refractivity contribution < 1.29 is 9.18 Å². The number of nitrogens with zero attached hydrogens (tertiary/aromatic N) is 2. The van der Waals surface area contributed by atoms with Crippen LogP contribution in [0, 0.1) is 5.82 Å². The Morgan fingerprint density at radius 3 is 2.52 bits per heavy atom. The molecule has 0 aliphatic rings. The minimum atomic E-state index is -0.287. The zero-order chi connectivity index (χ0) is 17.8. The summed E-state index contributed by atoms with van der Waals surface area (Å²) >= 11 is 0. The highest BCUT2D eigenvalue weighted by molar-refractivity contribution is 6.08. The average Bonchev–Trinajstić information content (AvgIpc) is 2.61. The molecule has 0 unspecified atom stereocenters. The molecule has 3 rings (SSSR count). The second-order valence-electron chi connectivity index (χ2n) is 6.41. The quantitative estimate of drug-likeness (QED) is 0.619. The van der Waals surface area contributed by atoms with Crippen molar-refractivity contribution in [1.29, 1.82) is 0 Å². The molecular weight excluding hydrogens is 315 g/mol. The molecule has 128 valence electrons. The Morgan fingerprint density at radius 2 is 1.80 bits per heavy atom. The van der Waals surface area contributed by atoms with Crippen LogP contribution in [0.15, 0.2) is 54.6 Å². The van der Waals surface area contributed by atoms with Crippen LogP contribution >= 0.6 is 0 Å². The van der Waals surface area contributed by atoms with Crippen molar-refractivity contribution in [2.45, 2.75) is 12.8 Å². The van der Waals surface area contributed by atoms with E-state index in [0.29, 0.717) is 17.7 Å². The molecular formula is C21H21FN2O. The Labute approximate surface area is 147 Å². The van der Waals surface area contributed by atoms with Crippen LogP contribution in [0.4, 0.5) is 4.39 Å². The number of hydrogen-bond acceptors (Lipinski definition) is 3. The summed E-state index contributed by atoms with van der Waals surface area (Å²) in [6.45, 7) is 0.875. The fourth-order valence-corrected chi connectivity index (χ4v) is 2.87. The Bertz CT molecular complexity index is 888. The monoisotopic (exact) mass is 336 g/mol. The third-order valence-corrected chi connectivity index (χ3v) is 4.17. The molecule has 0 bridgehead atoms. The van der Waals surface area contributed by atoms with Crippen LogP contribution in [0.2, 0.25) is 0 Å². The normalized spacial score (nSPS) is 11.2. The van der Waals surface area contributed by atoms with E-state index in [0.717, 1.165) is 29.4 Å². The molecule has 0 N–H and O–H groups in total. The van der Waals surface area contributed by atoms with Crippen LogP contribution in [0.5, 0.6) is 0 Å². The first-order chi connectivity index (χ1) is 12.0. The van der Waals surface area contributed by atoms with Crippen molar-refractivity contribution in [3.63, 3.8) is 0 Å². The molecule has 0 saturated heterocycles. The topological polar surface area (TPSA) is 33.2 Å². The maximum atomic E-state index is 13.2. The first-order valence-corrected chi connectivity index (χ1v) is 8.38. The van der Waals surface area contributed by atoms with Gasteiger partial charge in [-0.05, 0) is 63.5 Å². The number of ketones is 1. The van der Waals surface area contributed by atoms with Gasteiger partial charge in [-0.3, -0.25) is 4.79 Å². The first-order valence-electron chi connectivity index (χ1n) is 8.38. The van der Waals surface area contributed by atoms with Crippen molar-refractivity contribution in [2.75, 3.05) is 20.6 Å². The van der Waals surface area contributed by atoms with Gasteiger partial charge >= 0.3 is 0 Å². The molecule has 0 fully saturated rings. The van der Waals surface area contributed by atoms with Crippen molar-refractivity contribution >= 4 is 16.7 Å². The summed E-state index contributed by atoms with van der Waals surface area (Å²) in [7, 11) is 4.00. The highest BCUT2D eigenvalue weighted by Gasteiger charge is 2.14. The fourth-order valence-electron chi connectivity index (χ4n) is 2.87. The molecule has 0 saturated carbocycles. The SMILES string of the molecule is CN(C)CCCC(=O)c1cc(-c2ccc(F)cc2)nc2ccccc12. The van der Waals surface area contributed by atoms with Crippen LogP contribution in [0.3, 0.4) is 0 Å². The second kappa shape index (κ2) is 7.53. The van der Waals surface area contributed by atoms with Gasteiger partial charge in [0.25, 0.3) is 0 Å². The van der Waals surface area contributed by atoms with E-state index in [9.17, 15) is 9.18 Å². The number of aromatic nitrogens is 1. The molecule has 0 aliphatic carbocycles. The standard InChI is InChI=1S/C21H21FN2O/c1-24(2)13-5-8-21(25)18-14-20(15-9-11-16(22)12-10-15)23-19-7-4-3-6-17(18)19/h3-4,6-7,9-12,14H,5,8,13H2,1-2H3. The molecule has 0 aliphatic heterocycles. The third-order valence-electron chi connectivity index (χ3n) is 4.17. The number of fused-ring (bicyclic) bond motifs is 1. The zero-order valence-electron chi connectivity index (χ0n) is 14.5. The van der Waals surface area contributed by atoms with Crippen molar-refractivity contribution in [2.24, 2.45) is 0 Å². The highest BCUT2D eigenvalue weighted by Crippen LogP contribution is 2.26. The molecule has 25 heavy (non-hydrogen) atoms. The molecule has 3 aromatic rings. The molecule has 0 spiro atoms. The lowest BCUT2D eigenvalue weighted by Crippen LogP contribution is -2.14. The van der Waals surface area contributed by atoms with Gasteiger partial charge < -0.3 is 4.90 Å². The number of benzene rings is 2. The van der Waals surface area contributed by atoms with Gasteiger partial charge in [-0.2, -0.15) is 0 Å². The number of Topliss-reactive ketones (excluding diaryl/α,β-unsaturated/α-hetero) is 1. The highest BCUT2D eigenvalue weighted by atomic mass is 19.1. The van der Waals surface area contributed by atoms with E-state index in [-0.39, 0.29) is 11.6 Å². The number of carbonyl (C=O) groups is 1. The molecule has 0 amide bonds. The number of carbonyl (C=O) groups excluding carboxylic acids is 1. The van der Waals surface area contributed by atoms with E-state index in [2.05, 4.69) is 9.88 Å². The summed E-state index contributed by atoms with van der Waals surface area (Å²) in [5, 5.41) is 0.864. The molecule has 0 atom stereocenters. The maximum Gasteiger partial charge on any atom is 0.163 e.